The quantitative estimate of drug-likeness (QED) is 0.735. The van der Waals surface area contributed by atoms with Crippen LogP contribution in [0.15, 0.2) is 42.6 Å². The van der Waals surface area contributed by atoms with Crippen molar-refractivity contribution in [2.24, 2.45) is 0 Å². The van der Waals surface area contributed by atoms with Crippen LogP contribution < -0.4 is 0 Å². The Labute approximate surface area is 128 Å². The van der Waals surface area contributed by atoms with Gasteiger partial charge in [0.15, 0.2) is 11.6 Å². The van der Waals surface area contributed by atoms with Crippen molar-refractivity contribution in [3.05, 3.63) is 53.7 Å². The number of hydrogen-bond donors (Lipinski definition) is 1. The monoisotopic (exact) mass is 295 g/mol. The maximum absolute atomic E-state index is 12.5. The zero-order valence-corrected chi connectivity index (χ0v) is 12.4. The molecule has 3 rings (SSSR count). The maximum Gasteiger partial charge on any atom is 0.165 e. The SMILES string of the molecule is CC(=O)c1ccc2c(C(=O)CCCO)c3ccccn3c2c1. The van der Waals surface area contributed by atoms with E-state index in [0.717, 1.165) is 16.4 Å². The van der Waals surface area contributed by atoms with Gasteiger partial charge in [-0.15, -0.1) is 0 Å². The van der Waals surface area contributed by atoms with E-state index in [1.807, 2.05) is 40.9 Å². The Bertz CT molecular complexity index is 877. The number of ketones is 2. The van der Waals surface area contributed by atoms with Crippen molar-refractivity contribution in [3.8, 4) is 0 Å². The highest BCUT2D eigenvalue weighted by molar-refractivity contribution is 6.15. The summed E-state index contributed by atoms with van der Waals surface area (Å²) in [5.74, 6) is 0.0178. The summed E-state index contributed by atoms with van der Waals surface area (Å²) < 4.78 is 1.94. The van der Waals surface area contributed by atoms with Gasteiger partial charge in [-0.1, -0.05) is 18.2 Å². The van der Waals surface area contributed by atoms with Gasteiger partial charge < -0.3 is 9.51 Å². The van der Waals surface area contributed by atoms with Gasteiger partial charge in [0.25, 0.3) is 0 Å². The number of carbonyl (C=O) groups is 2. The summed E-state index contributed by atoms with van der Waals surface area (Å²) in [5.41, 5.74) is 2.99. The van der Waals surface area contributed by atoms with Crippen LogP contribution in [0.3, 0.4) is 0 Å². The first-order valence-electron chi connectivity index (χ1n) is 7.31. The summed E-state index contributed by atoms with van der Waals surface area (Å²) in [6.45, 7) is 1.54. The molecule has 1 aromatic carbocycles. The molecule has 0 atom stereocenters. The van der Waals surface area contributed by atoms with Crippen LogP contribution in [-0.2, 0) is 0 Å². The summed E-state index contributed by atoms with van der Waals surface area (Å²) in [5, 5.41) is 9.79. The fourth-order valence-corrected chi connectivity index (χ4v) is 2.81. The minimum absolute atomic E-state index is 0.000869. The molecular weight excluding hydrogens is 278 g/mol. The lowest BCUT2D eigenvalue weighted by molar-refractivity contribution is 0.0973. The summed E-state index contributed by atoms with van der Waals surface area (Å²) >= 11 is 0. The van der Waals surface area contributed by atoms with Gasteiger partial charge in [0.2, 0.25) is 0 Å². The summed E-state index contributed by atoms with van der Waals surface area (Å²) in [6, 6.07) is 11.1. The fourth-order valence-electron chi connectivity index (χ4n) is 2.81. The van der Waals surface area contributed by atoms with Gasteiger partial charge in [-0.25, -0.2) is 0 Å². The lowest BCUT2D eigenvalue weighted by Crippen LogP contribution is -2.00. The van der Waals surface area contributed by atoms with Crippen molar-refractivity contribution >= 4 is 28.0 Å². The molecule has 0 saturated carbocycles. The van der Waals surface area contributed by atoms with Gasteiger partial charge >= 0.3 is 0 Å². The number of pyridine rings is 1. The molecule has 2 aromatic heterocycles. The molecule has 22 heavy (non-hydrogen) atoms. The molecule has 0 aliphatic heterocycles. The van der Waals surface area contributed by atoms with Gasteiger partial charge in [-0.3, -0.25) is 9.59 Å². The predicted molar refractivity (Wildman–Crippen MR) is 85.6 cm³/mol. The second-order valence-electron chi connectivity index (χ2n) is 5.37. The molecule has 0 amide bonds. The van der Waals surface area contributed by atoms with Gasteiger partial charge in [0.05, 0.1) is 16.6 Å². The van der Waals surface area contributed by atoms with E-state index in [2.05, 4.69) is 0 Å². The van der Waals surface area contributed by atoms with Crippen LogP contribution in [0.2, 0.25) is 0 Å². The Morgan fingerprint density at radius 3 is 2.68 bits per heavy atom. The highest BCUT2D eigenvalue weighted by atomic mass is 16.3. The Balaban J connectivity index is 2.29. The molecule has 1 N–H and O–H groups in total. The number of rotatable bonds is 5. The number of benzene rings is 1. The van der Waals surface area contributed by atoms with Crippen LogP contribution in [0.25, 0.3) is 16.4 Å². The third-order valence-electron chi connectivity index (χ3n) is 3.89. The summed E-state index contributed by atoms with van der Waals surface area (Å²) in [7, 11) is 0. The van der Waals surface area contributed by atoms with E-state index in [0.29, 0.717) is 24.0 Å². The molecule has 4 heteroatoms. The molecule has 0 radical (unpaired) electrons. The maximum atomic E-state index is 12.5. The minimum atomic E-state index is 0.000869. The van der Waals surface area contributed by atoms with Crippen LogP contribution in [0.4, 0.5) is 0 Å². The van der Waals surface area contributed by atoms with Crippen LogP contribution >= 0.6 is 0 Å². The molecule has 3 aromatic rings. The molecule has 2 heterocycles. The van der Waals surface area contributed by atoms with Gasteiger partial charge in [-0.05, 0) is 31.5 Å². The Hall–Kier alpha value is -2.46. The molecular formula is C18H17NO3. The predicted octanol–water partition coefficient (Wildman–Crippen LogP) is 3.25. The first kappa shape index (κ1) is 14.5. The summed E-state index contributed by atoms with van der Waals surface area (Å²) in [4.78, 5) is 24.1. The lowest BCUT2D eigenvalue weighted by Gasteiger charge is -2.00. The van der Waals surface area contributed by atoms with Crippen LogP contribution in [0.5, 0.6) is 0 Å². The number of fused-ring (bicyclic) bond motifs is 3. The molecule has 0 bridgehead atoms. The van der Waals surface area contributed by atoms with Crippen molar-refractivity contribution < 1.29 is 14.7 Å². The van der Waals surface area contributed by atoms with Gasteiger partial charge in [0.1, 0.15) is 0 Å². The number of Topliss-reactive ketones (excluding diaryl/α,β-unsaturated/α-hetero) is 2. The average Bonchev–Trinajstić information content (AvgIpc) is 2.86. The molecule has 0 saturated heterocycles. The molecule has 0 spiro atoms. The van der Waals surface area contributed by atoms with E-state index in [4.69, 9.17) is 5.11 Å². The average molecular weight is 295 g/mol. The van der Waals surface area contributed by atoms with Crippen molar-refractivity contribution in [1.29, 1.82) is 0 Å². The lowest BCUT2D eigenvalue weighted by atomic mass is 10.0. The summed E-state index contributed by atoms with van der Waals surface area (Å²) in [6.07, 6.45) is 2.66. The highest BCUT2D eigenvalue weighted by Crippen LogP contribution is 2.29. The van der Waals surface area contributed by atoms with Crippen LogP contribution in [0.1, 0.15) is 40.5 Å². The largest absolute Gasteiger partial charge is 0.396 e. The van der Waals surface area contributed by atoms with E-state index in [1.54, 1.807) is 6.07 Å². The van der Waals surface area contributed by atoms with Crippen molar-refractivity contribution in [1.82, 2.24) is 4.40 Å². The van der Waals surface area contributed by atoms with E-state index in [1.165, 1.54) is 6.92 Å². The molecule has 0 aliphatic rings. The molecule has 4 nitrogen and oxygen atoms in total. The normalized spacial score (nSPS) is 11.2. The van der Waals surface area contributed by atoms with E-state index >= 15 is 0 Å². The minimum Gasteiger partial charge on any atom is -0.396 e. The zero-order valence-electron chi connectivity index (χ0n) is 12.4. The first-order valence-corrected chi connectivity index (χ1v) is 7.31. The van der Waals surface area contributed by atoms with E-state index in [9.17, 15) is 9.59 Å². The van der Waals surface area contributed by atoms with Crippen molar-refractivity contribution in [2.75, 3.05) is 6.61 Å². The number of aliphatic hydroxyl groups excluding tert-OH is 1. The Morgan fingerprint density at radius 2 is 1.95 bits per heavy atom. The third-order valence-corrected chi connectivity index (χ3v) is 3.89. The smallest absolute Gasteiger partial charge is 0.165 e. The number of aromatic nitrogens is 1. The number of nitrogens with zero attached hydrogens (tertiary/aromatic N) is 1. The molecule has 112 valence electrons. The highest BCUT2D eigenvalue weighted by Gasteiger charge is 2.18. The number of aliphatic hydroxyl groups is 1. The van der Waals surface area contributed by atoms with E-state index < -0.39 is 0 Å². The first-order chi connectivity index (χ1) is 10.6. The topological polar surface area (TPSA) is 58.8 Å². The Morgan fingerprint density at radius 1 is 1.14 bits per heavy atom. The van der Waals surface area contributed by atoms with Gasteiger partial charge in [0, 0.05) is 30.2 Å². The van der Waals surface area contributed by atoms with Crippen LogP contribution in [-0.4, -0.2) is 27.7 Å². The standard InChI is InChI=1S/C18H17NO3/c1-12(21)13-7-8-14-16(11-13)19-9-3-2-5-15(19)18(14)17(22)6-4-10-20/h2-3,5,7-9,11,20H,4,6,10H2,1H3. The van der Waals surface area contributed by atoms with Crippen LogP contribution in [0, 0.1) is 0 Å². The third kappa shape index (κ3) is 2.31. The second kappa shape index (κ2) is 5.73. The molecule has 0 aliphatic carbocycles. The van der Waals surface area contributed by atoms with E-state index in [-0.39, 0.29) is 18.2 Å². The zero-order chi connectivity index (χ0) is 15.7. The number of carbonyl (C=O) groups excluding carboxylic acids is 2. The molecule has 0 unspecified atom stereocenters. The van der Waals surface area contributed by atoms with Gasteiger partial charge in [-0.2, -0.15) is 0 Å². The second-order valence-corrected chi connectivity index (χ2v) is 5.37. The van der Waals surface area contributed by atoms with Crippen molar-refractivity contribution in [2.45, 2.75) is 19.8 Å². The Kier molecular flexibility index (Phi) is 3.77. The van der Waals surface area contributed by atoms with Crippen molar-refractivity contribution in [3.63, 3.8) is 0 Å². The fraction of sp³-hybridized carbons (Fsp3) is 0.222. The number of hydrogen-bond acceptors (Lipinski definition) is 3. The molecule has 0 fully saturated rings.